The van der Waals surface area contributed by atoms with Crippen LogP contribution in [0.3, 0.4) is 0 Å². The highest BCUT2D eigenvalue weighted by Crippen LogP contribution is 2.27. The molecule has 2 amide bonds. The molecule has 0 aliphatic carbocycles. The van der Waals surface area contributed by atoms with Crippen LogP contribution in [0.2, 0.25) is 0 Å². The third-order valence-corrected chi connectivity index (χ3v) is 5.78. The number of thiophene rings is 1. The van der Waals surface area contributed by atoms with Gasteiger partial charge in [0, 0.05) is 23.6 Å². The lowest BCUT2D eigenvalue weighted by molar-refractivity contribution is -0.119. The second-order valence-corrected chi connectivity index (χ2v) is 7.87. The summed E-state index contributed by atoms with van der Waals surface area (Å²) in [5, 5.41) is 10.9. The van der Waals surface area contributed by atoms with Crippen molar-refractivity contribution in [2.24, 2.45) is 0 Å². The van der Waals surface area contributed by atoms with Crippen molar-refractivity contribution in [2.45, 2.75) is 5.16 Å². The maximum atomic E-state index is 12.2. The van der Waals surface area contributed by atoms with Gasteiger partial charge in [0.2, 0.25) is 5.91 Å². The molecule has 0 spiro atoms. The molecule has 0 saturated carbocycles. The van der Waals surface area contributed by atoms with Crippen LogP contribution in [0.1, 0.15) is 9.67 Å². The molecule has 0 aliphatic heterocycles. The molecule has 0 bridgehead atoms. The second-order valence-electron chi connectivity index (χ2n) is 5.98. The largest absolute Gasteiger partial charge is 0.279 e. The van der Waals surface area contributed by atoms with Crippen molar-refractivity contribution in [3.63, 3.8) is 0 Å². The van der Waals surface area contributed by atoms with Crippen LogP contribution in [0.15, 0.2) is 77.5 Å². The highest BCUT2D eigenvalue weighted by atomic mass is 32.2. The fourth-order valence-corrected chi connectivity index (χ4v) is 3.99. The van der Waals surface area contributed by atoms with Crippen LogP contribution in [-0.2, 0) is 4.79 Å². The molecule has 1 aromatic carbocycles. The Kier molecular flexibility index (Phi) is 6.16. The van der Waals surface area contributed by atoms with Gasteiger partial charge < -0.3 is 0 Å². The van der Waals surface area contributed by atoms with Gasteiger partial charge in [0.25, 0.3) is 5.91 Å². The maximum Gasteiger partial charge on any atom is 0.279 e. The number of para-hydroxylation sites is 1. The summed E-state index contributed by atoms with van der Waals surface area (Å²) in [6, 6.07) is 16.8. The molecule has 4 rings (SSSR count). The number of benzene rings is 1. The van der Waals surface area contributed by atoms with Gasteiger partial charge in [-0.1, -0.05) is 36.0 Å². The zero-order valence-corrected chi connectivity index (χ0v) is 17.2. The molecule has 150 valence electrons. The maximum absolute atomic E-state index is 12.2. The van der Waals surface area contributed by atoms with Crippen molar-refractivity contribution < 1.29 is 9.59 Å². The molecular weight excluding hydrogens is 420 g/mol. The summed E-state index contributed by atoms with van der Waals surface area (Å²) >= 11 is 2.53. The van der Waals surface area contributed by atoms with E-state index in [1.807, 2.05) is 47.0 Å². The summed E-state index contributed by atoms with van der Waals surface area (Å²) < 4.78 is 1.89. The van der Waals surface area contributed by atoms with Crippen LogP contribution >= 0.6 is 23.1 Å². The Labute approximate surface area is 180 Å². The predicted molar refractivity (Wildman–Crippen MR) is 115 cm³/mol. The summed E-state index contributed by atoms with van der Waals surface area (Å²) in [5.41, 5.74) is 6.57. The van der Waals surface area contributed by atoms with Gasteiger partial charge in [-0.15, -0.1) is 21.5 Å². The number of thioether (sulfide) groups is 1. The fourth-order valence-electron chi connectivity index (χ4n) is 2.62. The normalized spacial score (nSPS) is 10.5. The van der Waals surface area contributed by atoms with Crippen molar-refractivity contribution in [1.82, 2.24) is 30.6 Å². The lowest BCUT2D eigenvalue weighted by Crippen LogP contribution is -2.42. The van der Waals surface area contributed by atoms with Gasteiger partial charge in [0.1, 0.15) is 0 Å². The Morgan fingerprint density at radius 1 is 0.967 bits per heavy atom. The number of pyridine rings is 1. The Morgan fingerprint density at radius 3 is 2.50 bits per heavy atom. The molecule has 2 N–H and O–H groups in total. The van der Waals surface area contributed by atoms with E-state index in [-0.39, 0.29) is 17.6 Å². The van der Waals surface area contributed by atoms with Crippen LogP contribution in [0.4, 0.5) is 0 Å². The van der Waals surface area contributed by atoms with E-state index in [0.717, 1.165) is 11.3 Å². The first-order valence-corrected chi connectivity index (χ1v) is 10.8. The molecule has 0 aliphatic rings. The summed E-state index contributed by atoms with van der Waals surface area (Å²) in [5.74, 6) is 0.0118. The number of nitrogens with one attached hydrogen (secondary N) is 2. The average Bonchev–Trinajstić information content (AvgIpc) is 3.47. The third kappa shape index (κ3) is 4.56. The van der Waals surface area contributed by atoms with Crippen LogP contribution in [0.25, 0.3) is 17.1 Å². The molecule has 4 aromatic rings. The van der Waals surface area contributed by atoms with Crippen LogP contribution < -0.4 is 10.9 Å². The van der Waals surface area contributed by atoms with Gasteiger partial charge in [-0.05, 0) is 35.7 Å². The van der Waals surface area contributed by atoms with Crippen molar-refractivity contribution >= 4 is 34.9 Å². The SMILES string of the molecule is O=C(CSc1nnc(-c2ccncc2)n1-c1ccccc1)NNC(=O)c1cccs1. The quantitative estimate of drug-likeness (QED) is 0.356. The monoisotopic (exact) mass is 436 g/mol. The zero-order chi connectivity index (χ0) is 20.8. The Morgan fingerprint density at radius 2 is 1.77 bits per heavy atom. The Balaban J connectivity index is 1.48. The number of rotatable bonds is 6. The minimum absolute atomic E-state index is 0.0615. The summed E-state index contributed by atoms with van der Waals surface area (Å²) in [6.07, 6.45) is 3.38. The average molecular weight is 437 g/mol. The molecule has 0 unspecified atom stereocenters. The van der Waals surface area contributed by atoms with E-state index >= 15 is 0 Å². The van der Waals surface area contributed by atoms with Crippen molar-refractivity contribution in [3.05, 3.63) is 77.2 Å². The first-order chi connectivity index (χ1) is 14.7. The predicted octanol–water partition coefficient (Wildman–Crippen LogP) is 2.94. The van der Waals surface area contributed by atoms with Gasteiger partial charge >= 0.3 is 0 Å². The first kappa shape index (κ1) is 19.8. The minimum atomic E-state index is -0.351. The van der Waals surface area contributed by atoms with E-state index in [2.05, 4.69) is 26.0 Å². The number of amides is 2. The number of aromatic nitrogens is 4. The molecule has 30 heavy (non-hydrogen) atoms. The lowest BCUT2D eigenvalue weighted by atomic mass is 10.2. The molecule has 8 nitrogen and oxygen atoms in total. The Bertz CT molecular complexity index is 1130. The Hall–Kier alpha value is -3.50. The van der Waals surface area contributed by atoms with E-state index in [1.165, 1.54) is 23.1 Å². The number of hydrogen-bond donors (Lipinski definition) is 2. The molecule has 0 atom stereocenters. The molecular formula is C20H16N6O2S2. The lowest BCUT2D eigenvalue weighted by Gasteiger charge is -2.10. The fraction of sp³-hybridized carbons (Fsp3) is 0.0500. The topological polar surface area (TPSA) is 102 Å². The summed E-state index contributed by atoms with van der Waals surface area (Å²) in [4.78, 5) is 28.7. The summed E-state index contributed by atoms with van der Waals surface area (Å²) in [7, 11) is 0. The number of hydrazine groups is 1. The van der Waals surface area contributed by atoms with E-state index in [9.17, 15) is 9.59 Å². The van der Waals surface area contributed by atoms with E-state index in [4.69, 9.17) is 0 Å². The molecule has 10 heteroatoms. The van der Waals surface area contributed by atoms with Gasteiger partial charge in [-0.3, -0.25) is 30.0 Å². The van der Waals surface area contributed by atoms with Crippen molar-refractivity contribution in [3.8, 4) is 17.1 Å². The smallest absolute Gasteiger partial charge is 0.272 e. The highest BCUT2D eigenvalue weighted by molar-refractivity contribution is 7.99. The van der Waals surface area contributed by atoms with E-state index in [0.29, 0.717) is 15.9 Å². The number of carbonyl (C=O) groups is 2. The van der Waals surface area contributed by atoms with Gasteiger partial charge in [0.05, 0.1) is 10.6 Å². The molecule has 3 aromatic heterocycles. The molecule has 3 heterocycles. The molecule has 0 saturated heterocycles. The number of nitrogens with zero attached hydrogens (tertiary/aromatic N) is 4. The number of carbonyl (C=O) groups excluding carboxylic acids is 2. The van der Waals surface area contributed by atoms with Crippen LogP contribution in [0, 0.1) is 0 Å². The zero-order valence-electron chi connectivity index (χ0n) is 15.6. The van der Waals surface area contributed by atoms with Crippen LogP contribution in [-0.4, -0.2) is 37.3 Å². The van der Waals surface area contributed by atoms with Gasteiger partial charge in [-0.2, -0.15) is 0 Å². The minimum Gasteiger partial charge on any atom is -0.272 e. The molecule has 0 fully saturated rings. The van der Waals surface area contributed by atoms with Crippen molar-refractivity contribution in [1.29, 1.82) is 0 Å². The van der Waals surface area contributed by atoms with Crippen molar-refractivity contribution in [2.75, 3.05) is 5.75 Å². The van der Waals surface area contributed by atoms with Gasteiger partial charge in [-0.25, -0.2) is 0 Å². The molecule has 0 radical (unpaired) electrons. The van der Waals surface area contributed by atoms with Gasteiger partial charge in [0.15, 0.2) is 11.0 Å². The van der Waals surface area contributed by atoms with E-state index in [1.54, 1.807) is 29.9 Å². The second kappa shape index (κ2) is 9.33. The first-order valence-electron chi connectivity index (χ1n) is 8.89. The third-order valence-electron chi connectivity index (χ3n) is 3.98. The van der Waals surface area contributed by atoms with Crippen LogP contribution in [0.5, 0.6) is 0 Å². The number of hydrogen-bond acceptors (Lipinski definition) is 7. The highest BCUT2D eigenvalue weighted by Gasteiger charge is 2.17. The summed E-state index contributed by atoms with van der Waals surface area (Å²) in [6.45, 7) is 0. The van der Waals surface area contributed by atoms with E-state index < -0.39 is 0 Å². The standard InChI is InChI=1S/C20H16N6O2S2/c27-17(22-24-19(28)16-7-4-12-29-16)13-30-20-25-23-18(14-8-10-21-11-9-14)26(20)15-5-2-1-3-6-15/h1-12H,13H2,(H,22,27)(H,24,28).